The number of nitrogens with zero attached hydrogens (tertiary/aromatic N) is 1. The second-order valence-corrected chi connectivity index (χ2v) is 5.89. The fourth-order valence-electron chi connectivity index (χ4n) is 3.05. The topological polar surface area (TPSA) is 46.3 Å². The Morgan fingerprint density at radius 2 is 2.15 bits per heavy atom. The third kappa shape index (κ3) is 4.30. The molecule has 2 rings (SSSR count). The van der Waals surface area contributed by atoms with Crippen molar-refractivity contribution in [2.75, 3.05) is 19.6 Å². The second-order valence-electron chi connectivity index (χ2n) is 5.89. The van der Waals surface area contributed by atoms with Crippen molar-refractivity contribution in [3.63, 3.8) is 0 Å². The van der Waals surface area contributed by atoms with E-state index in [1.807, 2.05) is 12.1 Å². The highest BCUT2D eigenvalue weighted by Gasteiger charge is 2.22. The first-order valence-electron chi connectivity index (χ1n) is 7.30. The molecule has 1 aromatic rings. The van der Waals surface area contributed by atoms with Gasteiger partial charge in [-0.15, -0.1) is 0 Å². The second kappa shape index (κ2) is 6.84. The first-order valence-corrected chi connectivity index (χ1v) is 7.30. The maximum absolute atomic E-state index is 12.9. The van der Waals surface area contributed by atoms with Gasteiger partial charge in [0.1, 0.15) is 5.82 Å². The fourth-order valence-corrected chi connectivity index (χ4v) is 3.05. The molecular weight excluding hydrogens is 255 g/mol. The summed E-state index contributed by atoms with van der Waals surface area (Å²) in [6.45, 7) is 5.11. The predicted molar refractivity (Wildman–Crippen MR) is 77.8 cm³/mol. The Kier molecular flexibility index (Phi) is 5.12. The summed E-state index contributed by atoms with van der Waals surface area (Å²) < 4.78 is 12.9. The number of rotatable bonds is 5. The van der Waals surface area contributed by atoms with Crippen LogP contribution in [0.15, 0.2) is 24.3 Å². The van der Waals surface area contributed by atoms with Crippen molar-refractivity contribution < 1.29 is 9.18 Å². The van der Waals surface area contributed by atoms with Gasteiger partial charge in [0, 0.05) is 19.5 Å². The van der Waals surface area contributed by atoms with Crippen LogP contribution in [0, 0.1) is 11.7 Å². The fraction of sp³-hybridized carbons (Fsp3) is 0.562. The Balaban J connectivity index is 1.88. The molecule has 0 bridgehead atoms. The molecule has 1 heterocycles. The standard InChI is InChI=1S/C16H23FN2O/c1-12(14-4-6-15(17)7-5-14)10-19-8-2-3-13(11-19)9-16(18)20/h4-7,12-13H,2-3,8-11H2,1H3,(H2,18,20)/t12-,13+/m0/s1. The molecule has 1 aromatic carbocycles. The zero-order chi connectivity index (χ0) is 14.5. The summed E-state index contributed by atoms with van der Waals surface area (Å²) in [5, 5.41) is 0. The van der Waals surface area contributed by atoms with Gasteiger partial charge in [-0.25, -0.2) is 4.39 Å². The van der Waals surface area contributed by atoms with Crippen LogP contribution < -0.4 is 5.73 Å². The van der Waals surface area contributed by atoms with Crippen molar-refractivity contribution in [1.29, 1.82) is 0 Å². The Morgan fingerprint density at radius 1 is 1.45 bits per heavy atom. The summed E-state index contributed by atoms with van der Waals surface area (Å²) in [5.74, 6) is 0.355. The summed E-state index contributed by atoms with van der Waals surface area (Å²) in [5.41, 5.74) is 6.44. The third-order valence-corrected chi connectivity index (χ3v) is 4.06. The number of amides is 1. The molecule has 4 heteroatoms. The molecule has 1 saturated heterocycles. The van der Waals surface area contributed by atoms with E-state index in [1.165, 1.54) is 12.1 Å². The number of hydrogen-bond donors (Lipinski definition) is 1. The summed E-state index contributed by atoms with van der Waals surface area (Å²) in [4.78, 5) is 13.4. The number of hydrogen-bond acceptors (Lipinski definition) is 2. The lowest BCUT2D eigenvalue weighted by Crippen LogP contribution is -2.38. The molecule has 2 N–H and O–H groups in total. The number of carbonyl (C=O) groups excluding carboxylic acids is 1. The zero-order valence-corrected chi connectivity index (χ0v) is 12.0. The van der Waals surface area contributed by atoms with Gasteiger partial charge in [-0.05, 0) is 48.9 Å². The number of nitrogens with two attached hydrogens (primary N) is 1. The molecular formula is C16H23FN2O. The van der Waals surface area contributed by atoms with Gasteiger partial charge in [0.25, 0.3) is 0 Å². The minimum atomic E-state index is -0.205. The molecule has 20 heavy (non-hydrogen) atoms. The Morgan fingerprint density at radius 3 is 2.80 bits per heavy atom. The van der Waals surface area contributed by atoms with Gasteiger partial charge in [-0.2, -0.15) is 0 Å². The van der Waals surface area contributed by atoms with Crippen molar-refractivity contribution in [3.05, 3.63) is 35.6 Å². The van der Waals surface area contributed by atoms with E-state index in [2.05, 4.69) is 11.8 Å². The minimum Gasteiger partial charge on any atom is -0.370 e. The van der Waals surface area contributed by atoms with E-state index >= 15 is 0 Å². The number of benzene rings is 1. The molecule has 1 aliphatic heterocycles. The first kappa shape index (κ1) is 15.0. The highest BCUT2D eigenvalue weighted by atomic mass is 19.1. The van der Waals surface area contributed by atoms with Crippen LogP contribution in [0.25, 0.3) is 0 Å². The molecule has 0 spiro atoms. The van der Waals surface area contributed by atoms with Crippen LogP contribution >= 0.6 is 0 Å². The predicted octanol–water partition coefficient (Wildman–Crippen LogP) is 2.52. The highest BCUT2D eigenvalue weighted by Crippen LogP contribution is 2.23. The van der Waals surface area contributed by atoms with E-state index in [0.29, 0.717) is 18.3 Å². The van der Waals surface area contributed by atoms with Crippen LogP contribution in [0.2, 0.25) is 0 Å². The number of primary amides is 1. The van der Waals surface area contributed by atoms with Crippen molar-refractivity contribution in [1.82, 2.24) is 4.90 Å². The van der Waals surface area contributed by atoms with Crippen molar-refractivity contribution in [3.8, 4) is 0 Å². The molecule has 0 radical (unpaired) electrons. The van der Waals surface area contributed by atoms with Gasteiger partial charge in [0.05, 0.1) is 0 Å². The van der Waals surface area contributed by atoms with Crippen LogP contribution in [0.3, 0.4) is 0 Å². The monoisotopic (exact) mass is 278 g/mol. The minimum absolute atomic E-state index is 0.194. The number of carbonyl (C=O) groups is 1. The van der Waals surface area contributed by atoms with Gasteiger partial charge < -0.3 is 10.6 Å². The van der Waals surface area contributed by atoms with E-state index in [9.17, 15) is 9.18 Å². The molecule has 0 saturated carbocycles. The van der Waals surface area contributed by atoms with Gasteiger partial charge in [0.15, 0.2) is 0 Å². The molecule has 1 aliphatic rings. The summed E-state index contributed by atoms with van der Waals surface area (Å²) >= 11 is 0. The van der Waals surface area contributed by atoms with E-state index in [-0.39, 0.29) is 11.7 Å². The normalized spacial score (nSPS) is 21.6. The van der Waals surface area contributed by atoms with E-state index in [1.54, 1.807) is 0 Å². The summed E-state index contributed by atoms with van der Waals surface area (Å²) in [6.07, 6.45) is 2.69. The van der Waals surface area contributed by atoms with Crippen LogP contribution in [-0.2, 0) is 4.79 Å². The van der Waals surface area contributed by atoms with E-state index < -0.39 is 0 Å². The lowest BCUT2D eigenvalue weighted by molar-refractivity contribution is -0.119. The number of halogens is 1. The molecule has 0 unspecified atom stereocenters. The lowest BCUT2D eigenvalue weighted by atomic mass is 9.93. The molecule has 110 valence electrons. The smallest absolute Gasteiger partial charge is 0.217 e. The molecule has 1 fully saturated rings. The lowest BCUT2D eigenvalue weighted by Gasteiger charge is -2.34. The summed E-state index contributed by atoms with van der Waals surface area (Å²) in [7, 11) is 0. The first-order chi connectivity index (χ1) is 9.54. The van der Waals surface area contributed by atoms with Gasteiger partial charge in [0.2, 0.25) is 5.91 Å². The average molecular weight is 278 g/mol. The SMILES string of the molecule is C[C@@H](CN1CCC[C@H](CC(N)=O)C1)c1ccc(F)cc1. The van der Waals surface area contributed by atoms with Crippen LogP contribution in [-0.4, -0.2) is 30.4 Å². The summed E-state index contributed by atoms with van der Waals surface area (Å²) in [6, 6.07) is 6.73. The molecule has 2 atom stereocenters. The van der Waals surface area contributed by atoms with Crippen molar-refractivity contribution in [2.24, 2.45) is 11.7 Å². The van der Waals surface area contributed by atoms with Crippen LogP contribution in [0.1, 0.15) is 37.7 Å². The maximum atomic E-state index is 12.9. The number of likely N-dealkylation sites (tertiary alicyclic amines) is 1. The molecule has 3 nitrogen and oxygen atoms in total. The highest BCUT2D eigenvalue weighted by molar-refractivity contribution is 5.74. The van der Waals surface area contributed by atoms with Crippen molar-refractivity contribution in [2.45, 2.75) is 32.1 Å². The zero-order valence-electron chi connectivity index (χ0n) is 12.0. The Bertz CT molecular complexity index is 446. The number of piperidine rings is 1. The average Bonchev–Trinajstić information content (AvgIpc) is 2.39. The quantitative estimate of drug-likeness (QED) is 0.899. The van der Waals surface area contributed by atoms with Crippen LogP contribution in [0.4, 0.5) is 4.39 Å². The van der Waals surface area contributed by atoms with Crippen LogP contribution in [0.5, 0.6) is 0 Å². The largest absolute Gasteiger partial charge is 0.370 e. The third-order valence-electron chi connectivity index (χ3n) is 4.06. The molecule has 0 aromatic heterocycles. The molecule has 0 aliphatic carbocycles. The van der Waals surface area contributed by atoms with E-state index in [0.717, 1.165) is 38.0 Å². The van der Waals surface area contributed by atoms with Gasteiger partial charge >= 0.3 is 0 Å². The van der Waals surface area contributed by atoms with Crippen molar-refractivity contribution >= 4 is 5.91 Å². The Hall–Kier alpha value is -1.42. The van der Waals surface area contributed by atoms with Gasteiger partial charge in [-0.1, -0.05) is 19.1 Å². The van der Waals surface area contributed by atoms with Gasteiger partial charge in [-0.3, -0.25) is 4.79 Å². The maximum Gasteiger partial charge on any atom is 0.217 e. The van der Waals surface area contributed by atoms with E-state index in [4.69, 9.17) is 5.73 Å². The molecule has 1 amide bonds. The Labute approximate surface area is 120 Å².